The minimum atomic E-state index is -1.01. The highest BCUT2D eigenvalue weighted by atomic mass is 35.5. The summed E-state index contributed by atoms with van der Waals surface area (Å²) in [5, 5.41) is 14.4. The van der Waals surface area contributed by atoms with Crippen molar-refractivity contribution in [2.75, 3.05) is 0 Å². The van der Waals surface area contributed by atoms with E-state index in [2.05, 4.69) is 10.1 Å². The lowest BCUT2D eigenvalue weighted by molar-refractivity contribution is 0.0697. The van der Waals surface area contributed by atoms with Crippen molar-refractivity contribution in [1.82, 2.24) is 14.8 Å². The molecular weight excluding hydrogens is 266 g/mol. The molecule has 1 N–H and O–H groups in total. The molecule has 3 aromatic rings. The topological polar surface area (TPSA) is 68.0 Å². The number of rotatable bonds is 2. The maximum Gasteiger partial charge on any atom is 0.338 e. The molecule has 0 bridgehead atoms. The molecule has 0 saturated carbocycles. The van der Waals surface area contributed by atoms with Crippen LogP contribution in [-0.4, -0.2) is 25.8 Å². The first kappa shape index (κ1) is 11.7. The van der Waals surface area contributed by atoms with Crippen molar-refractivity contribution < 1.29 is 9.90 Å². The first-order chi connectivity index (χ1) is 9.15. The molecule has 0 spiro atoms. The maximum atomic E-state index is 10.9. The summed E-state index contributed by atoms with van der Waals surface area (Å²) >= 11 is 5.92. The summed E-state index contributed by atoms with van der Waals surface area (Å²) < 4.78 is 1.52. The fourth-order valence-corrected chi connectivity index (χ4v) is 2.04. The third-order valence-electron chi connectivity index (χ3n) is 2.76. The number of hydrogen-bond donors (Lipinski definition) is 1. The molecule has 2 aromatic heterocycles. The number of nitrogens with zero attached hydrogens (tertiary/aromatic N) is 3. The van der Waals surface area contributed by atoms with Gasteiger partial charge in [-0.2, -0.15) is 5.10 Å². The van der Waals surface area contributed by atoms with Crippen LogP contribution in [0.25, 0.3) is 16.6 Å². The minimum Gasteiger partial charge on any atom is -0.478 e. The number of benzene rings is 1. The Balaban J connectivity index is 2.21. The molecule has 5 nitrogen and oxygen atoms in total. The van der Waals surface area contributed by atoms with Crippen molar-refractivity contribution in [2.45, 2.75) is 0 Å². The Morgan fingerprint density at radius 1 is 1.32 bits per heavy atom. The first-order valence-electron chi connectivity index (χ1n) is 5.48. The van der Waals surface area contributed by atoms with Gasteiger partial charge in [0, 0.05) is 22.8 Å². The van der Waals surface area contributed by atoms with Crippen LogP contribution in [0.3, 0.4) is 0 Å². The van der Waals surface area contributed by atoms with Gasteiger partial charge in [-0.3, -0.25) is 4.98 Å². The van der Waals surface area contributed by atoms with Crippen LogP contribution in [0.15, 0.2) is 42.9 Å². The van der Waals surface area contributed by atoms with Gasteiger partial charge in [0.05, 0.1) is 23.0 Å². The number of hydrogen-bond acceptors (Lipinski definition) is 3. The molecule has 94 valence electrons. The SMILES string of the molecule is O=C(O)c1cnn(-c2ccnc3cc(Cl)ccc23)c1. The summed E-state index contributed by atoms with van der Waals surface area (Å²) in [5.41, 5.74) is 1.63. The molecule has 0 aliphatic rings. The monoisotopic (exact) mass is 273 g/mol. The summed E-state index contributed by atoms with van der Waals surface area (Å²) in [6.07, 6.45) is 4.41. The predicted molar refractivity (Wildman–Crippen MR) is 70.8 cm³/mol. The zero-order chi connectivity index (χ0) is 13.4. The summed E-state index contributed by atoms with van der Waals surface area (Å²) in [7, 11) is 0. The average molecular weight is 274 g/mol. The lowest BCUT2D eigenvalue weighted by Crippen LogP contribution is -1.97. The number of pyridine rings is 1. The summed E-state index contributed by atoms with van der Waals surface area (Å²) in [6, 6.07) is 7.12. The number of aromatic nitrogens is 3. The molecule has 0 amide bonds. The van der Waals surface area contributed by atoms with Gasteiger partial charge in [-0.25, -0.2) is 9.48 Å². The van der Waals surface area contributed by atoms with Crippen molar-refractivity contribution in [2.24, 2.45) is 0 Å². The van der Waals surface area contributed by atoms with E-state index in [-0.39, 0.29) is 5.56 Å². The molecule has 0 radical (unpaired) electrons. The summed E-state index contributed by atoms with van der Waals surface area (Å²) in [4.78, 5) is 15.1. The summed E-state index contributed by atoms with van der Waals surface area (Å²) in [6.45, 7) is 0. The van der Waals surface area contributed by atoms with Gasteiger partial charge in [-0.05, 0) is 24.3 Å². The van der Waals surface area contributed by atoms with Crippen LogP contribution in [0.4, 0.5) is 0 Å². The van der Waals surface area contributed by atoms with Gasteiger partial charge in [0.2, 0.25) is 0 Å². The molecule has 0 aliphatic heterocycles. The number of carboxylic acids is 1. The van der Waals surface area contributed by atoms with Gasteiger partial charge in [-0.15, -0.1) is 0 Å². The number of fused-ring (bicyclic) bond motifs is 1. The molecule has 0 atom stereocenters. The van der Waals surface area contributed by atoms with Gasteiger partial charge >= 0.3 is 5.97 Å². The molecule has 0 fully saturated rings. The Bertz CT molecular complexity index is 782. The van der Waals surface area contributed by atoms with Crippen molar-refractivity contribution in [1.29, 1.82) is 0 Å². The molecule has 2 heterocycles. The Kier molecular flexibility index (Phi) is 2.68. The maximum absolute atomic E-state index is 10.9. The number of carbonyl (C=O) groups is 1. The second-order valence-electron chi connectivity index (χ2n) is 3.97. The fourth-order valence-electron chi connectivity index (χ4n) is 1.87. The number of aromatic carboxylic acids is 1. The molecule has 0 aliphatic carbocycles. The van der Waals surface area contributed by atoms with Crippen molar-refractivity contribution >= 4 is 28.5 Å². The zero-order valence-corrected chi connectivity index (χ0v) is 10.4. The standard InChI is InChI=1S/C13H8ClN3O2/c14-9-1-2-10-11(5-9)15-4-3-12(10)17-7-8(6-16-17)13(18)19/h1-7H,(H,18,19). The Morgan fingerprint density at radius 2 is 2.16 bits per heavy atom. The lowest BCUT2D eigenvalue weighted by Gasteiger charge is -2.05. The molecule has 6 heteroatoms. The van der Waals surface area contributed by atoms with E-state index in [0.717, 1.165) is 16.6 Å². The van der Waals surface area contributed by atoms with Crippen molar-refractivity contribution in [3.63, 3.8) is 0 Å². The molecule has 3 rings (SSSR count). The summed E-state index contributed by atoms with van der Waals surface area (Å²) in [5.74, 6) is -1.01. The second-order valence-corrected chi connectivity index (χ2v) is 4.41. The second kappa shape index (κ2) is 4.37. The van der Waals surface area contributed by atoms with E-state index in [1.54, 1.807) is 24.4 Å². The largest absolute Gasteiger partial charge is 0.478 e. The fraction of sp³-hybridized carbons (Fsp3) is 0. The van der Waals surface area contributed by atoms with Crippen LogP contribution in [0.2, 0.25) is 5.02 Å². The highest BCUT2D eigenvalue weighted by Gasteiger charge is 2.09. The van der Waals surface area contributed by atoms with Crippen molar-refractivity contribution in [3.05, 3.63) is 53.4 Å². The smallest absolute Gasteiger partial charge is 0.338 e. The first-order valence-corrected chi connectivity index (χ1v) is 5.85. The third kappa shape index (κ3) is 2.04. The Hall–Kier alpha value is -2.40. The van der Waals surface area contributed by atoms with Crippen LogP contribution in [0, 0.1) is 0 Å². The van der Waals surface area contributed by atoms with E-state index in [1.807, 2.05) is 6.07 Å². The zero-order valence-electron chi connectivity index (χ0n) is 9.62. The van der Waals surface area contributed by atoms with E-state index in [9.17, 15) is 4.79 Å². The molecule has 1 aromatic carbocycles. The van der Waals surface area contributed by atoms with Gasteiger partial charge in [0.25, 0.3) is 0 Å². The van der Waals surface area contributed by atoms with E-state index < -0.39 is 5.97 Å². The lowest BCUT2D eigenvalue weighted by atomic mass is 10.2. The van der Waals surface area contributed by atoms with Crippen molar-refractivity contribution in [3.8, 4) is 5.69 Å². The van der Waals surface area contributed by atoms with E-state index in [1.165, 1.54) is 17.1 Å². The molecule has 19 heavy (non-hydrogen) atoms. The van der Waals surface area contributed by atoms with E-state index in [0.29, 0.717) is 5.02 Å². The van der Waals surface area contributed by atoms with Gasteiger partial charge < -0.3 is 5.11 Å². The van der Waals surface area contributed by atoms with Gasteiger partial charge in [0.15, 0.2) is 0 Å². The van der Waals surface area contributed by atoms with Crippen LogP contribution >= 0.6 is 11.6 Å². The van der Waals surface area contributed by atoms with Crippen LogP contribution in [-0.2, 0) is 0 Å². The molecule has 0 unspecified atom stereocenters. The molecule has 0 saturated heterocycles. The minimum absolute atomic E-state index is 0.138. The highest BCUT2D eigenvalue weighted by Crippen LogP contribution is 2.23. The number of carboxylic acid groups (broad SMARTS) is 1. The van der Waals surface area contributed by atoms with Gasteiger partial charge in [0.1, 0.15) is 0 Å². The van der Waals surface area contributed by atoms with Crippen LogP contribution in [0.5, 0.6) is 0 Å². The van der Waals surface area contributed by atoms with E-state index in [4.69, 9.17) is 16.7 Å². The molecular formula is C13H8ClN3O2. The number of halogens is 1. The van der Waals surface area contributed by atoms with Gasteiger partial charge in [-0.1, -0.05) is 11.6 Å². The Labute approximate surface area is 113 Å². The van der Waals surface area contributed by atoms with Crippen LogP contribution < -0.4 is 0 Å². The highest BCUT2D eigenvalue weighted by molar-refractivity contribution is 6.31. The third-order valence-corrected chi connectivity index (χ3v) is 2.99. The average Bonchev–Trinajstić information content (AvgIpc) is 2.87. The Morgan fingerprint density at radius 3 is 2.89 bits per heavy atom. The normalized spacial score (nSPS) is 10.8. The van der Waals surface area contributed by atoms with Crippen LogP contribution in [0.1, 0.15) is 10.4 Å². The quantitative estimate of drug-likeness (QED) is 0.779. The van der Waals surface area contributed by atoms with E-state index >= 15 is 0 Å². The predicted octanol–water partition coefficient (Wildman–Crippen LogP) is 2.77.